The average molecular weight is 466 g/mol. The largest absolute Gasteiger partial charge is 0.385 e. The van der Waals surface area contributed by atoms with Crippen molar-refractivity contribution in [1.82, 2.24) is 10.2 Å². The third-order valence-electron chi connectivity index (χ3n) is 5.12. The van der Waals surface area contributed by atoms with Crippen LogP contribution in [-0.2, 0) is 19.6 Å². The molecule has 8 nitrogen and oxygen atoms in total. The zero-order valence-electron chi connectivity index (χ0n) is 17.4. The van der Waals surface area contributed by atoms with E-state index in [0.29, 0.717) is 50.3 Å². The summed E-state index contributed by atoms with van der Waals surface area (Å²) in [6.45, 7) is 2.24. The molecule has 0 unspecified atom stereocenters. The summed E-state index contributed by atoms with van der Waals surface area (Å²) in [6, 6.07) is 9.60. The average Bonchev–Trinajstić information content (AvgIpc) is 3.33. The van der Waals surface area contributed by atoms with Gasteiger partial charge in [-0.05, 0) is 55.0 Å². The van der Waals surface area contributed by atoms with E-state index in [9.17, 15) is 18.0 Å². The van der Waals surface area contributed by atoms with Crippen molar-refractivity contribution in [1.29, 1.82) is 0 Å². The molecule has 0 atom stereocenters. The van der Waals surface area contributed by atoms with Crippen LogP contribution in [-0.4, -0.2) is 58.5 Å². The molecule has 2 N–H and O–H groups in total. The number of likely N-dealkylation sites (tertiary alicyclic amines) is 1. The molecule has 1 aromatic heterocycles. The number of carbonyl (C=O) groups excluding carboxylic acids is 2. The summed E-state index contributed by atoms with van der Waals surface area (Å²) in [5.74, 6) is -0.169. The topological polar surface area (TPSA) is 105 Å². The molecule has 1 saturated heterocycles. The Bertz CT molecular complexity index is 967. The number of carbonyl (C=O) groups is 2. The first-order valence-electron chi connectivity index (χ1n) is 10.1. The minimum Gasteiger partial charge on any atom is -0.385 e. The number of nitrogens with zero attached hydrogens (tertiary/aromatic N) is 1. The molecule has 1 aliphatic rings. The van der Waals surface area contributed by atoms with Crippen LogP contribution in [0, 0.1) is 5.92 Å². The van der Waals surface area contributed by atoms with Crippen molar-refractivity contribution >= 4 is 38.9 Å². The molecule has 0 aliphatic carbocycles. The lowest BCUT2D eigenvalue weighted by Gasteiger charge is -2.31. The number of sulfonamides is 1. The van der Waals surface area contributed by atoms with Crippen LogP contribution in [0.1, 0.15) is 29.6 Å². The van der Waals surface area contributed by atoms with Gasteiger partial charge in [-0.1, -0.05) is 6.07 Å². The number of piperidine rings is 1. The zero-order chi connectivity index (χ0) is 22.3. The first-order chi connectivity index (χ1) is 14.9. The van der Waals surface area contributed by atoms with E-state index >= 15 is 0 Å². The van der Waals surface area contributed by atoms with E-state index in [-0.39, 0.29) is 21.9 Å². The van der Waals surface area contributed by atoms with Crippen LogP contribution in [0.15, 0.2) is 46.0 Å². The summed E-state index contributed by atoms with van der Waals surface area (Å²) >= 11 is 1.14. The second kappa shape index (κ2) is 10.7. The lowest BCUT2D eigenvalue weighted by molar-refractivity contribution is -0.126. The number of hydrogen-bond acceptors (Lipinski definition) is 6. The summed E-state index contributed by atoms with van der Waals surface area (Å²) in [5, 5.41) is 4.62. The third-order valence-corrected chi connectivity index (χ3v) is 7.90. The van der Waals surface area contributed by atoms with Crippen LogP contribution >= 0.6 is 11.3 Å². The maximum Gasteiger partial charge on any atom is 0.271 e. The molecule has 31 heavy (non-hydrogen) atoms. The first kappa shape index (κ1) is 23.2. The van der Waals surface area contributed by atoms with Crippen molar-refractivity contribution in [2.24, 2.45) is 5.92 Å². The van der Waals surface area contributed by atoms with E-state index in [4.69, 9.17) is 4.74 Å². The second-order valence-corrected chi connectivity index (χ2v) is 10.2. The number of anilines is 1. The molecule has 0 saturated carbocycles. The Kier molecular flexibility index (Phi) is 8.05. The molecule has 3 rings (SSSR count). The van der Waals surface area contributed by atoms with Gasteiger partial charge < -0.3 is 15.0 Å². The Labute approximate surface area is 186 Å². The highest BCUT2D eigenvalue weighted by Gasteiger charge is 2.27. The third kappa shape index (κ3) is 6.28. The highest BCUT2D eigenvalue weighted by Crippen LogP contribution is 2.22. The summed E-state index contributed by atoms with van der Waals surface area (Å²) in [6.07, 6.45) is 2.03. The van der Waals surface area contributed by atoms with Crippen LogP contribution in [0.2, 0.25) is 0 Å². The molecule has 168 valence electrons. The maximum absolute atomic E-state index is 12.8. The first-order valence-corrected chi connectivity index (χ1v) is 12.5. The fourth-order valence-electron chi connectivity index (χ4n) is 3.40. The Balaban J connectivity index is 1.50. The van der Waals surface area contributed by atoms with Crippen LogP contribution < -0.4 is 10.0 Å². The van der Waals surface area contributed by atoms with Crippen molar-refractivity contribution in [3.05, 3.63) is 47.3 Å². The molecule has 10 heteroatoms. The number of benzene rings is 1. The normalized spacial score (nSPS) is 14.9. The van der Waals surface area contributed by atoms with Gasteiger partial charge in [0.1, 0.15) is 4.21 Å². The van der Waals surface area contributed by atoms with Gasteiger partial charge in [-0.3, -0.25) is 14.3 Å². The Morgan fingerprint density at radius 2 is 1.87 bits per heavy atom. The van der Waals surface area contributed by atoms with Crippen molar-refractivity contribution in [2.45, 2.75) is 23.5 Å². The van der Waals surface area contributed by atoms with Crippen LogP contribution in [0.25, 0.3) is 0 Å². The van der Waals surface area contributed by atoms with E-state index in [1.807, 2.05) is 0 Å². The summed E-state index contributed by atoms with van der Waals surface area (Å²) in [4.78, 5) is 26.7. The van der Waals surface area contributed by atoms with Gasteiger partial charge in [0.15, 0.2) is 0 Å². The summed E-state index contributed by atoms with van der Waals surface area (Å²) < 4.78 is 32.3. The molecule has 0 radical (unpaired) electrons. The smallest absolute Gasteiger partial charge is 0.271 e. The number of nitrogens with one attached hydrogen (secondary N) is 2. The second-order valence-electron chi connectivity index (χ2n) is 7.32. The van der Waals surface area contributed by atoms with Gasteiger partial charge in [0.05, 0.1) is 0 Å². The summed E-state index contributed by atoms with van der Waals surface area (Å²) in [7, 11) is -1.99. The molecule has 1 aromatic carbocycles. The Morgan fingerprint density at radius 3 is 2.48 bits per heavy atom. The van der Waals surface area contributed by atoms with Crippen molar-refractivity contribution in [3.8, 4) is 0 Å². The number of rotatable bonds is 9. The van der Waals surface area contributed by atoms with Crippen LogP contribution in [0.4, 0.5) is 5.69 Å². The lowest BCUT2D eigenvalue weighted by Crippen LogP contribution is -2.43. The van der Waals surface area contributed by atoms with E-state index in [2.05, 4.69) is 10.0 Å². The fourth-order valence-corrected chi connectivity index (χ4v) is 5.45. The van der Waals surface area contributed by atoms with Crippen LogP contribution in [0.5, 0.6) is 0 Å². The molecular formula is C21H27N3O5S2. The SMILES string of the molecule is COCCCNC(=O)C1CCN(C(=O)c2ccc(NS(=O)(=O)c3cccs3)cc2)CC1. The number of ether oxygens (including phenoxy) is 1. The number of hydrogen-bond donors (Lipinski definition) is 2. The standard InChI is InChI=1S/C21H27N3O5S2/c1-29-14-3-11-22-20(25)16-9-12-24(13-10-16)21(26)17-5-7-18(8-6-17)23-31(27,28)19-4-2-15-30-19/h2,4-8,15-16,23H,3,9-14H2,1H3,(H,22,25). The lowest BCUT2D eigenvalue weighted by atomic mass is 9.95. The number of methoxy groups -OCH3 is 1. The van der Waals surface area contributed by atoms with Crippen molar-refractivity contribution in [2.75, 3.05) is 38.1 Å². The number of amides is 2. The molecular weight excluding hydrogens is 438 g/mol. The molecule has 1 fully saturated rings. The monoisotopic (exact) mass is 465 g/mol. The summed E-state index contributed by atoms with van der Waals surface area (Å²) in [5.41, 5.74) is 0.885. The van der Waals surface area contributed by atoms with Crippen molar-refractivity contribution < 1.29 is 22.7 Å². The number of thiophene rings is 1. The van der Waals surface area contributed by atoms with Crippen LogP contribution in [0.3, 0.4) is 0 Å². The minimum atomic E-state index is -3.62. The quantitative estimate of drug-likeness (QED) is 0.554. The van der Waals surface area contributed by atoms with Gasteiger partial charge in [-0.25, -0.2) is 8.42 Å². The molecule has 2 aromatic rings. The predicted molar refractivity (Wildman–Crippen MR) is 120 cm³/mol. The van der Waals surface area contributed by atoms with Gasteiger partial charge in [0.2, 0.25) is 5.91 Å². The van der Waals surface area contributed by atoms with E-state index < -0.39 is 10.0 Å². The Morgan fingerprint density at radius 1 is 1.16 bits per heavy atom. The van der Waals surface area contributed by atoms with Gasteiger partial charge in [0.25, 0.3) is 15.9 Å². The van der Waals surface area contributed by atoms with E-state index in [0.717, 1.165) is 17.8 Å². The van der Waals surface area contributed by atoms with Gasteiger partial charge in [-0.2, -0.15) is 0 Å². The van der Waals surface area contributed by atoms with Crippen molar-refractivity contribution in [3.63, 3.8) is 0 Å². The highest BCUT2D eigenvalue weighted by atomic mass is 32.2. The van der Waals surface area contributed by atoms with Gasteiger partial charge in [-0.15, -0.1) is 11.3 Å². The van der Waals surface area contributed by atoms with E-state index in [1.165, 1.54) is 6.07 Å². The van der Waals surface area contributed by atoms with Gasteiger partial charge >= 0.3 is 0 Å². The van der Waals surface area contributed by atoms with Gasteiger partial charge in [0, 0.05) is 50.5 Å². The highest BCUT2D eigenvalue weighted by molar-refractivity contribution is 7.94. The minimum absolute atomic E-state index is 0.0329. The molecule has 1 aliphatic heterocycles. The molecule has 0 spiro atoms. The molecule has 0 bridgehead atoms. The Hall–Kier alpha value is -2.43. The molecule has 2 amide bonds. The predicted octanol–water partition coefficient (Wildman–Crippen LogP) is 2.55. The molecule has 2 heterocycles. The zero-order valence-corrected chi connectivity index (χ0v) is 19.0. The van der Waals surface area contributed by atoms with E-state index in [1.54, 1.807) is 47.7 Å². The maximum atomic E-state index is 12.8. The fraction of sp³-hybridized carbons (Fsp3) is 0.429.